The molecule has 3 heterocycles. The number of imidazole rings is 1. The molecule has 0 saturated carbocycles. The van der Waals surface area contributed by atoms with E-state index in [2.05, 4.69) is 15.4 Å². The standard InChI is InChI=1S/C22H18F3N5O/c1-12-19-15(13-7-9-14(10-8-13)22(23,24)25)11-18(31)27-20(19)30(28-12)21-26-16-5-3-4-6-17(16)29(21)2/h3-10,15H,11H2,1-2H3,(H,27,31)/t15-/m1/s1. The fraction of sp³-hybridized carbons (Fsp3) is 0.227. The monoisotopic (exact) mass is 425 g/mol. The van der Waals surface area contributed by atoms with Crippen LogP contribution in [0.5, 0.6) is 0 Å². The number of rotatable bonds is 2. The number of aryl methyl sites for hydroxylation is 2. The third kappa shape index (κ3) is 3.08. The molecule has 0 aliphatic carbocycles. The number of para-hydroxylation sites is 2. The van der Waals surface area contributed by atoms with Crippen molar-refractivity contribution in [3.63, 3.8) is 0 Å². The number of anilines is 1. The molecule has 4 aromatic rings. The minimum absolute atomic E-state index is 0.132. The molecule has 5 rings (SSSR count). The number of hydrogen-bond donors (Lipinski definition) is 1. The van der Waals surface area contributed by atoms with Crippen molar-refractivity contribution in [1.82, 2.24) is 19.3 Å². The van der Waals surface area contributed by atoms with Gasteiger partial charge in [0, 0.05) is 24.9 Å². The first-order valence-electron chi connectivity index (χ1n) is 9.72. The zero-order valence-corrected chi connectivity index (χ0v) is 16.7. The molecule has 31 heavy (non-hydrogen) atoms. The van der Waals surface area contributed by atoms with Crippen LogP contribution in [0.4, 0.5) is 19.0 Å². The minimum atomic E-state index is -4.41. The van der Waals surface area contributed by atoms with Crippen LogP contribution in [-0.2, 0) is 18.0 Å². The summed E-state index contributed by atoms with van der Waals surface area (Å²) in [5, 5.41) is 7.51. The first-order chi connectivity index (χ1) is 14.7. The number of nitrogens with zero attached hydrogens (tertiary/aromatic N) is 4. The zero-order chi connectivity index (χ0) is 21.9. The molecule has 9 heteroatoms. The van der Waals surface area contributed by atoms with Crippen molar-refractivity contribution >= 4 is 22.8 Å². The van der Waals surface area contributed by atoms with E-state index >= 15 is 0 Å². The molecular formula is C22H18F3N5O. The molecule has 158 valence electrons. The van der Waals surface area contributed by atoms with Gasteiger partial charge in [-0.3, -0.25) is 4.79 Å². The molecule has 6 nitrogen and oxygen atoms in total. The lowest BCUT2D eigenvalue weighted by molar-refractivity contribution is -0.137. The Morgan fingerprint density at radius 3 is 2.48 bits per heavy atom. The Balaban J connectivity index is 1.64. The molecule has 0 radical (unpaired) electrons. The molecule has 0 saturated heterocycles. The number of carbonyl (C=O) groups is 1. The average Bonchev–Trinajstić information content (AvgIpc) is 3.24. The SMILES string of the molecule is Cc1nn(-c2nc3ccccc3n2C)c2c1[C@@H](c1ccc(C(F)(F)F)cc1)CC(=O)N2. The maximum absolute atomic E-state index is 13.0. The van der Waals surface area contributed by atoms with Crippen LogP contribution >= 0.6 is 0 Å². The van der Waals surface area contributed by atoms with Crippen molar-refractivity contribution in [2.75, 3.05) is 5.32 Å². The molecule has 2 aromatic carbocycles. The van der Waals surface area contributed by atoms with Gasteiger partial charge in [-0.05, 0) is 36.8 Å². The Morgan fingerprint density at radius 1 is 1.10 bits per heavy atom. The largest absolute Gasteiger partial charge is 0.416 e. The Morgan fingerprint density at radius 2 is 1.81 bits per heavy atom. The number of benzene rings is 2. The Kier molecular flexibility index (Phi) is 4.18. The molecule has 0 fully saturated rings. The molecule has 1 aliphatic heterocycles. The number of nitrogens with one attached hydrogen (secondary N) is 1. The number of alkyl halides is 3. The van der Waals surface area contributed by atoms with Crippen LogP contribution in [0.1, 0.15) is 34.7 Å². The number of halogens is 3. The van der Waals surface area contributed by atoms with E-state index in [1.165, 1.54) is 12.1 Å². The molecular weight excluding hydrogens is 407 g/mol. The lowest BCUT2D eigenvalue weighted by atomic mass is 9.85. The molecule has 2 aromatic heterocycles. The van der Waals surface area contributed by atoms with E-state index in [1.54, 1.807) is 4.68 Å². The summed E-state index contributed by atoms with van der Waals surface area (Å²) in [6.45, 7) is 1.83. The third-order valence-electron chi connectivity index (χ3n) is 5.70. The lowest BCUT2D eigenvalue weighted by Gasteiger charge is -2.24. The summed E-state index contributed by atoms with van der Waals surface area (Å²) in [6, 6.07) is 12.6. The average molecular weight is 425 g/mol. The van der Waals surface area contributed by atoms with Crippen molar-refractivity contribution in [2.45, 2.75) is 25.4 Å². The van der Waals surface area contributed by atoms with Gasteiger partial charge >= 0.3 is 6.18 Å². The van der Waals surface area contributed by atoms with Crippen LogP contribution in [0.25, 0.3) is 17.0 Å². The fourth-order valence-electron chi connectivity index (χ4n) is 4.20. The quantitative estimate of drug-likeness (QED) is 0.512. The van der Waals surface area contributed by atoms with Gasteiger partial charge in [-0.2, -0.15) is 23.0 Å². The van der Waals surface area contributed by atoms with Gasteiger partial charge in [-0.15, -0.1) is 0 Å². The van der Waals surface area contributed by atoms with Crippen molar-refractivity contribution in [3.8, 4) is 5.95 Å². The van der Waals surface area contributed by atoms with Crippen LogP contribution < -0.4 is 5.32 Å². The van der Waals surface area contributed by atoms with Gasteiger partial charge in [0.1, 0.15) is 5.82 Å². The highest BCUT2D eigenvalue weighted by atomic mass is 19.4. The van der Waals surface area contributed by atoms with E-state index in [0.29, 0.717) is 23.0 Å². The van der Waals surface area contributed by atoms with Gasteiger partial charge in [-0.1, -0.05) is 24.3 Å². The van der Waals surface area contributed by atoms with E-state index in [1.807, 2.05) is 42.8 Å². The predicted molar refractivity (Wildman–Crippen MR) is 109 cm³/mol. The molecule has 1 atom stereocenters. The van der Waals surface area contributed by atoms with Crippen LogP contribution in [0, 0.1) is 6.92 Å². The second-order valence-corrected chi connectivity index (χ2v) is 7.64. The van der Waals surface area contributed by atoms with Gasteiger partial charge in [0.05, 0.1) is 22.3 Å². The van der Waals surface area contributed by atoms with Gasteiger partial charge in [0.15, 0.2) is 0 Å². The Hall–Kier alpha value is -3.62. The number of amides is 1. The lowest BCUT2D eigenvalue weighted by Crippen LogP contribution is -2.25. The van der Waals surface area contributed by atoms with E-state index < -0.39 is 17.7 Å². The van der Waals surface area contributed by atoms with E-state index in [4.69, 9.17) is 0 Å². The van der Waals surface area contributed by atoms with E-state index in [0.717, 1.165) is 28.7 Å². The van der Waals surface area contributed by atoms with Crippen LogP contribution in [0.15, 0.2) is 48.5 Å². The van der Waals surface area contributed by atoms with Crippen LogP contribution in [0.3, 0.4) is 0 Å². The summed E-state index contributed by atoms with van der Waals surface area (Å²) >= 11 is 0. The van der Waals surface area contributed by atoms with Crippen molar-refractivity contribution in [3.05, 3.63) is 70.9 Å². The van der Waals surface area contributed by atoms with Gasteiger partial charge in [0.25, 0.3) is 0 Å². The summed E-state index contributed by atoms with van der Waals surface area (Å²) in [5.74, 6) is 0.419. The summed E-state index contributed by atoms with van der Waals surface area (Å²) < 4.78 is 42.4. The maximum Gasteiger partial charge on any atom is 0.416 e. The molecule has 1 amide bonds. The molecule has 0 spiro atoms. The fourth-order valence-corrected chi connectivity index (χ4v) is 4.20. The van der Waals surface area contributed by atoms with Crippen LogP contribution in [0.2, 0.25) is 0 Å². The first-order valence-corrected chi connectivity index (χ1v) is 9.72. The van der Waals surface area contributed by atoms with E-state index in [9.17, 15) is 18.0 Å². The number of aromatic nitrogens is 4. The number of carbonyl (C=O) groups excluding carboxylic acids is 1. The highest BCUT2D eigenvalue weighted by molar-refractivity contribution is 5.95. The van der Waals surface area contributed by atoms with Crippen molar-refractivity contribution in [1.29, 1.82) is 0 Å². The molecule has 1 aliphatic rings. The topological polar surface area (TPSA) is 64.7 Å². The number of fused-ring (bicyclic) bond motifs is 2. The summed E-state index contributed by atoms with van der Waals surface area (Å²) in [4.78, 5) is 17.2. The first kappa shape index (κ1) is 19.3. The smallest absolute Gasteiger partial charge is 0.311 e. The zero-order valence-electron chi connectivity index (χ0n) is 16.7. The summed E-state index contributed by atoms with van der Waals surface area (Å²) in [7, 11) is 1.87. The summed E-state index contributed by atoms with van der Waals surface area (Å²) in [6.07, 6.45) is -4.28. The second-order valence-electron chi connectivity index (χ2n) is 7.64. The number of hydrogen-bond acceptors (Lipinski definition) is 3. The highest BCUT2D eigenvalue weighted by Gasteiger charge is 2.35. The minimum Gasteiger partial charge on any atom is -0.311 e. The molecule has 0 unspecified atom stereocenters. The maximum atomic E-state index is 13.0. The normalized spacial score (nSPS) is 16.4. The van der Waals surface area contributed by atoms with Crippen LogP contribution in [-0.4, -0.2) is 25.2 Å². The third-order valence-corrected chi connectivity index (χ3v) is 5.70. The van der Waals surface area contributed by atoms with Crippen molar-refractivity contribution in [2.24, 2.45) is 7.05 Å². The summed E-state index contributed by atoms with van der Waals surface area (Å²) in [5.41, 5.74) is 3.10. The predicted octanol–water partition coefficient (Wildman–Crippen LogP) is 4.56. The van der Waals surface area contributed by atoms with E-state index in [-0.39, 0.29) is 12.3 Å². The van der Waals surface area contributed by atoms with Gasteiger partial charge in [0.2, 0.25) is 11.9 Å². The highest BCUT2D eigenvalue weighted by Crippen LogP contribution is 2.41. The second kappa shape index (κ2) is 6.69. The Bertz CT molecular complexity index is 1320. The van der Waals surface area contributed by atoms with Crippen molar-refractivity contribution < 1.29 is 18.0 Å². The Labute approximate surface area is 175 Å². The van der Waals surface area contributed by atoms with Gasteiger partial charge < -0.3 is 9.88 Å². The molecule has 0 bridgehead atoms. The van der Waals surface area contributed by atoms with Gasteiger partial charge in [-0.25, -0.2) is 4.98 Å². The molecule has 1 N–H and O–H groups in total.